The summed E-state index contributed by atoms with van der Waals surface area (Å²) in [4.78, 5) is 25.5. The highest BCUT2D eigenvalue weighted by molar-refractivity contribution is 5.81. The second-order valence-electron chi connectivity index (χ2n) is 5.50. The fourth-order valence-electron chi connectivity index (χ4n) is 2.62. The number of aliphatic hydroxyl groups excluding tert-OH is 1. The van der Waals surface area contributed by atoms with Crippen LogP contribution in [-0.2, 0) is 14.3 Å². The number of nitrogens with zero attached hydrogens (tertiary/aromatic N) is 1. The number of carbonyl (C=O) groups is 2. The summed E-state index contributed by atoms with van der Waals surface area (Å²) in [5.41, 5.74) is -0.449. The van der Waals surface area contributed by atoms with Gasteiger partial charge in [0.2, 0.25) is 5.91 Å². The normalized spacial score (nSPS) is 27.7. The van der Waals surface area contributed by atoms with Crippen LogP contribution in [0.3, 0.4) is 0 Å². The van der Waals surface area contributed by atoms with E-state index in [0.29, 0.717) is 19.4 Å². The molecule has 0 saturated carbocycles. The highest BCUT2D eigenvalue weighted by Gasteiger charge is 2.47. The van der Waals surface area contributed by atoms with Gasteiger partial charge in [0.25, 0.3) is 0 Å². The van der Waals surface area contributed by atoms with Crippen molar-refractivity contribution in [2.45, 2.75) is 39.2 Å². The lowest BCUT2D eigenvalue weighted by atomic mass is 9.90. The van der Waals surface area contributed by atoms with Gasteiger partial charge in [-0.25, -0.2) is 0 Å². The number of likely N-dealkylation sites (tertiary alicyclic amines) is 1. The summed E-state index contributed by atoms with van der Waals surface area (Å²) in [6, 6.07) is 0. The first-order valence-electron chi connectivity index (χ1n) is 6.36. The fraction of sp³-hybridized carbons (Fsp3) is 0.846. The summed E-state index contributed by atoms with van der Waals surface area (Å²) < 4.78 is 4.75. The minimum atomic E-state index is -0.449. The molecule has 5 nitrogen and oxygen atoms in total. The van der Waals surface area contributed by atoms with E-state index in [-0.39, 0.29) is 30.3 Å². The van der Waals surface area contributed by atoms with Crippen LogP contribution in [0.15, 0.2) is 0 Å². The predicted molar refractivity (Wildman–Crippen MR) is 66.8 cm³/mol. The molecular weight excluding hydrogens is 234 g/mol. The molecule has 0 spiro atoms. The van der Waals surface area contributed by atoms with E-state index >= 15 is 0 Å². The summed E-state index contributed by atoms with van der Waals surface area (Å²) in [6.07, 6.45) is 1.04. The molecule has 1 aliphatic heterocycles. The number of aliphatic hydroxyl groups is 1. The fourth-order valence-corrected chi connectivity index (χ4v) is 2.62. The summed E-state index contributed by atoms with van der Waals surface area (Å²) >= 11 is 0. The highest BCUT2D eigenvalue weighted by atomic mass is 16.5. The van der Waals surface area contributed by atoms with E-state index in [1.807, 2.05) is 20.8 Å². The number of rotatable bonds is 4. The van der Waals surface area contributed by atoms with E-state index in [1.54, 1.807) is 4.90 Å². The molecule has 1 N–H and O–H groups in total. The Hall–Kier alpha value is -1.10. The van der Waals surface area contributed by atoms with Gasteiger partial charge < -0.3 is 14.7 Å². The van der Waals surface area contributed by atoms with Gasteiger partial charge in [0, 0.05) is 24.6 Å². The van der Waals surface area contributed by atoms with Crippen LogP contribution in [0, 0.1) is 11.8 Å². The maximum absolute atomic E-state index is 12.2. The van der Waals surface area contributed by atoms with Crippen LogP contribution in [0.1, 0.15) is 33.6 Å². The molecule has 104 valence electrons. The van der Waals surface area contributed by atoms with Gasteiger partial charge >= 0.3 is 5.97 Å². The van der Waals surface area contributed by atoms with Gasteiger partial charge in [-0.05, 0) is 19.8 Å². The van der Waals surface area contributed by atoms with E-state index in [1.165, 1.54) is 7.11 Å². The first kappa shape index (κ1) is 15.0. The summed E-state index contributed by atoms with van der Waals surface area (Å²) in [5, 5.41) is 9.16. The third-order valence-electron chi connectivity index (χ3n) is 3.69. The van der Waals surface area contributed by atoms with E-state index in [2.05, 4.69) is 0 Å². The number of methoxy groups -OCH3 is 1. The lowest BCUT2D eigenvalue weighted by molar-refractivity contribution is -0.145. The van der Waals surface area contributed by atoms with Crippen molar-refractivity contribution in [2.75, 3.05) is 20.3 Å². The molecule has 1 rings (SSSR count). The molecule has 1 amide bonds. The molecule has 2 atom stereocenters. The average molecular weight is 257 g/mol. The smallest absolute Gasteiger partial charge is 0.310 e. The largest absolute Gasteiger partial charge is 0.469 e. The summed E-state index contributed by atoms with van der Waals surface area (Å²) in [6.45, 7) is 6.00. The number of ether oxygens (including phenoxy) is 1. The van der Waals surface area contributed by atoms with Crippen LogP contribution in [-0.4, -0.2) is 47.7 Å². The minimum Gasteiger partial charge on any atom is -0.469 e. The van der Waals surface area contributed by atoms with Crippen LogP contribution < -0.4 is 0 Å². The SMILES string of the molecule is COC(=O)[C@@H]1CN(C(=O)C(C)C)[C@](C)(CCO)C1. The van der Waals surface area contributed by atoms with E-state index in [4.69, 9.17) is 9.84 Å². The van der Waals surface area contributed by atoms with E-state index in [0.717, 1.165) is 0 Å². The van der Waals surface area contributed by atoms with Crippen molar-refractivity contribution >= 4 is 11.9 Å². The van der Waals surface area contributed by atoms with Gasteiger partial charge in [-0.2, -0.15) is 0 Å². The maximum atomic E-state index is 12.2. The molecule has 0 unspecified atom stereocenters. The van der Waals surface area contributed by atoms with Crippen molar-refractivity contribution in [2.24, 2.45) is 11.8 Å². The first-order valence-corrected chi connectivity index (χ1v) is 6.36. The van der Waals surface area contributed by atoms with Crippen LogP contribution in [0.5, 0.6) is 0 Å². The molecular formula is C13H23NO4. The highest BCUT2D eigenvalue weighted by Crippen LogP contribution is 2.37. The third kappa shape index (κ3) is 2.83. The number of esters is 1. The molecule has 1 aliphatic rings. The van der Waals surface area contributed by atoms with Crippen molar-refractivity contribution in [1.82, 2.24) is 4.90 Å². The van der Waals surface area contributed by atoms with Gasteiger partial charge in [-0.1, -0.05) is 13.8 Å². The molecule has 5 heteroatoms. The van der Waals surface area contributed by atoms with Crippen molar-refractivity contribution in [3.8, 4) is 0 Å². The van der Waals surface area contributed by atoms with E-state index < -0.39 is 5.54 Å². The third-order valence-corrected chi connectivity index (χ3v) is 3.69. The predicted octanol–water partition coefficient (Wildman–Crippen LogP) is 0.805. The molecule has 0 aliphatic carbocycles. The zero-order valence-corrected chi connectivity index (χ0v) is 11.6. The Morgan fingerprint density at radius 2 is 2.11 bits per heavy atom. The van der Waals surface area contributed by atoms with Crippen molar-refractivity contribution in [1.29, 1.82) is 0 Å². The second-order valence-corrected chi connectivity index (χ2v) is 5.50. The summed E-state index contributed by atoms with van der Waals surface area (Å²) in [7, 11) is 1.36. The molecule has 0 radical (unpaired) electrons. The lowest BCUT2D eigenvalue weighted by Crippen LogP contribution is -2.47. The molecule has 1 saturated heterocycles. The van der Waals surface area contributed by atoms with Crippen molar-refractivity contribution in [3.05, 3.63) is 0 Å². The molecule has 18 heavy (non-hydrogen) atoms. The Morgan fingerprint density at radius 3 is 2.56 bits per heavy atom. The quantitative estimate of drug-likeness (QED) is 0.757. The van der Waals surface area contributed by atoms with Gasteiger partial charge in [0.1, 0.15) is 0 Å². The van der Waals surface area contributed by atoms with Crippen LogP contribution in [0.25, 0.3) is 0 Å². The number of hydrogen-bond acceptors (Lipinski definition) is 4. The second kappa shape index (κ2) is 5.69. The van der Waals surface area contributed by atoms with Gasteiger partial charge in [0.15, 0.2) is 0 Å². The minimum absolute atomic E-state index is 0.00622. The molecule has 1 fully saturated rings. The topological polar surface area (TPSA) is 66.8 Å². The van der Waals surface area contributed by atoms with Crippen molar-refractivity contribution in [3.63, 3.8) is 0 Å². The standard InChI is InChI=1S/C13H23NO4/c1-9(2)11(16)14-8-10(12(17)18-4)7-13(14,3)5-6-15/h9-10,15H,5-8H2,1-4H3/t10-,13+/m0/s1. The Morgan fingerprint density at radius 1 is 1.50 bits per heavy atom. The molecule has 0 aromatic rings. The Balaban J connectivity index is 2.91. The van der Waals surface area contributed by atoms with Gasteiger partial charge in [-0.3, -0.25) is 9.59 Å². The average Bonchev–Trinajstić information content (AvgIpc) is 2.65. The van der Waals surface area contributed by atoms with Crippen LogP contribution in [0.2, 0.25) is 0 Å². The van der Waals surface area contributed by atoms with Crippen LogP contribution >= 0.6 is 0 Å². The van der Waals surface area contributed by atoms with Crippen molar-refractivity contribution < 1.29 is 19.4 Å². The Kier molecular flexibility index (Phi) is 4.73. The van der Waals surface area contributed by atoms with Gasteiger partial charge in [0.05, 0.1) is 13.0 Å². The Bertz CT molecular complexity index is 329. The number of hydrogen-bond donors (Lipinski definition) is 1. The zero-order chi connectivity index (χ0) is 13.9. The van der Waals surface area contributed by atoms with Crippen LogP contribution in [0.4, 0.5) is 0 Å². The lowest BCUT2D eigenvalue weighted by Gasteiger charge is -2.36. The molecule has 0 bridgehead atoms. The first-order chi connectivity index (χ1) is 8.35. The van der Waals surface area contributed by atoms with E-state index in [9.17, 15) is 9.59 Å². The molecule has 1 heterocycles. The Labute approximate surface area is 108 Å². The van der Waals surface area contributed by atoms with Gasteiger partial charge in [-0.15, -0.1) is 0 Å². The maximum Gasteiger partial charge on any atom is 0.310 e. The summed E-state index contributed by atoms with van der Waals surface area (Å²) in [5.74, 6) is -0.649. The zero-order valence-electron chi connectivity index (χ0n) is 11.6. The molecule has 0 aromatic carbocycles. The monoisotopic (exact) mass is 257 g/mol. The number of carbonyl (C=O) groups excluding carboxylic acids is 2. The number of amides is 1. The molecule has 0 aromatic heterocycles.